The van der Waals surface area contributed by atoms with E-state index in [9.17, 15) is 9.59 Å². The maximum Gasteiger partial charge on any atom is 0.327 e. The van der Waals surface area contributed by atoms with E-state index in [0.717, 1.165) is 0 Å². The number of aromatic nitrogens is 2. The molecule has 0 bridgehead atoms. The molecule has 0 atom stereocenters. The first kappa shape index (κ1) is 19.9. The van der Waals surface area contributed by atoms with E-state index in [1.807, 2.05) is 18.7 Å². The molecule has 0 N–H and O–H groups in total. The summed E-state index contributed by atoms with van der Waals surface area (Å²) >= 11 is 5.87. The minimum absolute atomic E-state index is 0.0430. The minimum atomic E-state index is -0.737. The minimum Gasteiger partial charge on any atom is -0.341 e. The van der Waals surface area contributed by atoms with E-state index in [0.29, 0.717) is 55.9 Å². The van der Waals surface area contributed by atoms with Crippen LogP contribution < -0.4 is 4.90 Å². The first-order valence-corrected chi connectivity index (χ1v) is 9.98. The topological polar surface area (TPSA) is 69.6 Å². The number of nitrogens with zero attached hydrogens (tertiary/aromatic N) is 5. The van der Waals surface area contributed by atoms with Gasteiger partial charge in [0.1, 0.15) is 5.54 Å². The summed E-state index contributed by atoms with van der Waals surface area (Å²) in [6.07, 6.45) is 4.33. The average molecular weight is 394 g/mol. The largest absolute Gasteiger partial charge is 0.341 e. The fourth-order valence-electron chi connectivity index (χ4n) is 3.96. The van der Waals surface area contributed by atoms with Crippen molar-refractivity contribution in [3.05, 3.63) is 17.4 Å². The molecule has 2 aliphatic rings. The summed E-state index contributed by atoms with van der Waals surface area (Å²) in [4.78, 5) is 40.2. The van der Waals surface area contributed by atoms with Gasteiger partial charge in [0, 0.05) is 26.2 Å². The normalized spacial score (nSPS) is 19.9. The van der Waals surface area contributed by atoms with Crippen LogP contribution in [0.2, 0.25) is 5.02 Å². The second-order valence-electron chi connectivity index (χ2n) is 8.32. The highest BCUT2D eigenvalue weighted by Crippen LogP contribution is 2.38. The number of hydrogen-bond donors (Lipinski definition) is 0. The molecule has 2 saturated heterocycles. The van der Waals surface area contributed by atoms with Gasteiger partial charge in [-0.1, -0.05) is 39.3 Å². The highest BCUT2D eigenvalue weighted by Gasteiger charge is 2.58. The summed E-state index contributed by atoms with van der Waals surface area (Å²) in [7, 11) is 0. The van der Waals surface area contributed by atoms with E-state index in [1.54, 1.807) is 12.4 Å². The predicted octanol–water partition coefficient (Wildman–Crippen LogP) is 3.05. The predicted molar refractivity (Wildman–Crippen MR) is 105 cm³/mol. The van der Waals surface area contributed by atoms with Crippen LogP contribution in [0.1, 0.15) is 40.5 Å². The first-order chi connectivity index (χ1) is 12.7. The van der Waals surface area contributed by atoms with E-state index in [-0.39, 0.29) is 17.9 Å². The lowest BCUT2D eigenvalue weighted by Crippen LogP contribution is -2.57. The monoisotopic (exact) mass is 393 g/mol. The molecule has 7 nitrogen and oxygen atoms in total. The number of hydrogen-bond acceptors (Lipinski definition) is 5. The van der Waals surface area contributed by atoms with Crippen molar-refractivity contribution in [2.24, 2.45) is 11.8 Å². The van der Waals surface area contributed by atoms with Crippen LogP contribution in [0, 0.1) is 11.8 Å². The zero-order chi connectivity index (χ0) is 19.8. The molecule has 148 valence electrons. The number of amides is 3. The van der Waals surface area contributed by atoms with Gasteiger partial charge in [-0.3, -0.25) is 9.69 Å². The van der Waals surface area contributed by atoms with Crippen LogP contribution >= 0.6 is 11.6 Å². The molecule has 0 radical (unpaired) electrons. The number of carbonyl (C=O) groups is 2. The molecule has 3 rings (SSSR count). The Morgan fingerprint density at radius 1 is 1.04 bits per heavy atom. The second kappa shape index (κ2) is 7.62. The van der Waals surface area contributed by atoms with Gasteiger partial charge in [-0.25, -0.2) is 14.8 Å². The van der Waals surface area contributed by atoms with Gasteiger partial charge in [0.05, 0.1) is 17.4 Å². The highest BCUT2D eigenvalue weighted by molar-refractivity contribution is 6.30. The van der Waals surface area contributed by atoms with Crippen molar-refractivity contribution >= 4 is 29.5 Å². The average Bonchev–Trinajstić information content (AvgIpc) is 2.79. The van der Waals surface area contributed by atoms with Gasteiger partial charge < -0.3 is 9.80 Å². The Labute approximate surface area is 165 Å². The van der Waals surface area contributed by atoms with Gasteiger partial charge in [-0.2, -0.15) is 0 Å². The second-order valence-corrected chi connectivity index (χ2v) is 8.75. The van der Waals surface area contributed by atoms with Crippen molar-refractivity contribution in [3.63, 3.8) is 0 Å². The van der Waals surface area contributed by atoms with Gasteiger partial charge in [-0.15, -0.1) is 0 Å². The van der Waals surface area contributed by atoms with Crippen LogP contribution in [0.3, 0.4) is 0 Å². The Morgan fingerprint density at radius 3 is 2.11 bits per heavy atom. The third kappa shape index (κ3) is 3.74. The third-order valence-electron chi connectivity index (χ3n) is 5.20. The lowest BCUT2D eigenvalue weighted by Gasteiger charge is -2.42. The first-order valence-electron chi connectivity index (χ1n) is 9.60. The molecule has 2 fully saturated rings. The molecular formula is C19H28ClN5O2. The molecule has 0 unspecified atom stereocenters. The third-order valence-corrected chi connectivity index (χ3v) is 5.39. The van der Waals surface area contributed by atoms with Crippen molar-refractivity contribution < 1.29 is 9.59 Å². The van der Waals surface area contributed by atoms with E-state index in [1.165, 1.54) is 4.90 Å². The van der Waals surface area contributed by atoms with Crippen molar-refractivity contribution in [2.75, 3.05) is 31.1 Å². The molecule has 0 aliphatic carbocycles. The van der Waals surface area contributed by atoms with Crippen LogP contribution in [0.15, 0.2) is 12.4 Å². The van der Waals surface area contributed by atoms with Gasteiger partial charge >= 0.3 is 6.03 Å². The zero-order valence-corrected chi connectivity index (χ0v) is 17.2. The van der Waals surface area contributed by atoms with Crippen molar-refractivity contribution in [2.45, 2.75) is 46.1 Å². The number of urea groups is 1. The van der Waals surface area contributed by atoms with E-state index >= 15 is 0 Å². The molecule has 8 heteroatoms. The fraction of sp³-hybridized carbons (Fsp3) is 0.684. The molecule has 0 saturated carbocycles. The van der Waals surface area contributed by atoms with E-state index < -0.39 is 5.54 Å². The summed E-state index contributed by atoms with van der Waals surface area (Å²) in [6, 6.07) is -0.140. The summed E-state index contributed by atoms with van der Waals surface area (Å²) < 4.78 is 0. The molecule has 2 aliphatic heterocycles. The smallest absolute Gasteiger partial charge is 0.327 e. The zero-order valence-electron chi connectivity index (χ0n) is 16.5. The molecule has 1 aromatic rings. The van der Waals surface area contributed by atoms with Gasteiger partial charge in [0.2, 0.25) is 5.95 Å². The molecule has 0 aromatic carbocycles. The van der Waals surface area contributed by atoms with Crippen LogP contribution in [0.25, 0.3) is 0 Å². The number of piperidine rings is 1. The number of imide groups is 1. The summed E-state index contributed by atoms with van der Waals surface area (Å²) in [5.74, 6) is 1.12. The highest BCUT2D eigenvalue weighted by atomic mass is 35.5. The number of carbonyl (C=O) groups excluding carboxylic acids is 2. The molecule has 3 heterocycles. The number of halogens is 1. The van der Waals surface area contributed by atoms with Crippen molar-refractivity contribution in [3.8, 4) is 0 Å². The van der Waals surface area contributed by atoms with E-state index in [4.69, 9.17) is 11.6 Å². The van der Waals surface area contributed by atoms with Crippen molar-refractivity contribution in [1.29, 1.82) is 0 Å². The Bertz CT molecular complexity index is 699. The Balaban J connectivity index is 1.82. The standard InChI is InChI=1S/C19H28ClN5O2/c1-13(2)11-24-16(26)19(25(18(24)27)12-14(3)4)5-7-23(8-6-19)17-21-9-15(20)10-22-17/h9-10,13-14H,5-8,11-12H2,1-4H3. The maximum atomic E-state index is 13.3. The summed E-state index contributed by atoms with van der Waals surface area (Å²) in [5, 5.41) is 0.497. The fourth-order valence-corrected chi connectivity index (χ4v) is 4.05. The number of anilines is 1. The van der Waals surface area contributed by atoms with Crippen LogP contribution in [0.4, 0.5) is 10.7 Å². The van der Waals surface area contributed by atoms with Crippen molar-refractivity contribution in [1.82, 2.24) is 19.8 Å². The lowest BCUT2D eigenvalue weighted by atomic mass is 9.85. The Hall–Kier alpha value is -1.89. The quantitative estimate of drug-likeness (QED) is 0.719. The van der Waals surface area contributed by atoms with Gasteiger partial charge in [0.25, 0.3) is 5.91 Å². The Kier molecular flexibility index (Phi) is 5.60. The molecular weight excluding hydrogens is 366 g/mol. The summed E-state index contributed by atoms with van der Waals surface area (Å²) in [5.41, 5.74) is -0.737. The molecule has 1 spiro atoms. The molecule has 3 amide bonds. The molecule has 1 aromatic heterocycles. The van der Waals surface area contributed by atoms with Gasteiger partial charge in [-0.05, 0) is 24.7 Å². The maximum absolute atomic E-state index is 13.3. The van der Waals surface area contributed by atoms with E-state index in [2.05, 4.69) is 28.7 Å². The summed E-state index contributed by atoms with van der Waals surface area (Å²) in [6.45, 7) is 10.5. The van der Waals surface area contributed by atoms with Crippen LogP contribution in [-0.2, 0) is 4.79 Å². The van der Waals surface area contributed by atoms with Crippen LogP contribution in [-0.4, -0.2) is 63.4 Å². The number of rotatable bonds is 5. The van der Waals surface area contributed by atoms with Gasteiger partial charge in [0.15, 0.2) is 0 Å². The Morgan fingerprint density at radius 2 is 1.59 bits per heavy atom. The lowest BCUT2D eigenvalue weighted by molar-refractivity contribution is -0.134. The molecule has 27 heavy (non-hydrogen) atoms. The van der Waals surface area contributed by atoms with Crippen LogP contribution in [0.5, 0.6) is 0 Å². The SMILES string of the molecule is CC(C)CN1C(=O)N(CC(C)C)C2(CCN(c3ncc(Cl)cn3)CC2)C1=O.